The average molecular weight is 237 g/mol. The molecule has 13 heavy (non-hydrogen) atoms. The Morgan fingerprint density at radius 3 is 2.00 bits per heavy atom. The summed E-state index contributed by atoms with van der Waals surface area (Å²) in [6.07, 6.45) is 0.959. The minimum absolute atomic E-state index is 0.205. The molecule has 4 heteroatoms. The Hall–Kier alpha value is 0.0500. The van der Waals surface area contributed by atoms with Crippen LogP contribution in [0.3, 0.4) is 0 Å². The Morgan fingerprint density at radius 2 is 1.62 bits per heavy atom. The van der Waals surface area contributed by atoms with Gasteiger partial charge >= 0.3 is 0 Å². The second-order valence-corrected chi connectivity index (χ2v) is 4.54. The summed E-state index contributed by atoms with van der Waals surface area (Å²) in [6.45, 7) is 0. The van der Waals surface area contributed by atoms with Gasteiger partial charge in [0.1, 0.15) is 0 Å². The van der Waals surface area contributed by atoms with E-state index in [2.05, 4.69) is 0 Å². The SMILES string of the molecule is N[C@@H]1C[C@H]1c1c(Cl)cc(Cl)cc1Cl. The second kappa shape index (κ2) is 3.32. The van der Waals surface area contributed by atoms with E-state index in [1.807, 2.05) is 0 Å². The molecule has 1 aliphatic rings. The fraction of sp³-hybridized carbons (Fsp3) is 0.333. The van der Waals surface area contributed by atoms with Crippen molar-refractivity contribution in [2.75, 3.05) is 0 Å². The molecule has 1 aliphatic carbocycles. The van der Waals surface area contributed by atoms with E-state index in [1.54, 1.807) is 12.1 Å². The van der Waals surface area contributed by atoms with E-state index in [1.165, 1.54) is 0 Å². The molecule has 0 bridgehead atoms. The lowest BCUT2D eigenvalue weighted by Crippen LogP contribution is -2.01. The molecule has 0 spiro atoms. The van der Waals surface area contributed by atoms with Crippen LogP contribution >= 0.6 is 34.8 Å². The molecule has 0 saturated heterocycles. The summed E-state index contributed by atoms with van der Waals surface area (Å²) in [5.74, 6) is 0.317. The quantitative estimate of drug-likeness (QED) is 0.794. The lowest BCUT2D eigenvalue weighted by molar-refractivity contribution is 0.991. The lowest BCUT2D eigenvalue weighted by atomic mass is 10.1. The van der Waals surface area contributed by atoms with Crippen LogP contribution in [-0.2, 0) is 0 Å². The van der Waals surface area contributed by atoms with Crippen molar-refractivity contribution in [1.29, 1.82) is 0 Å². The van der Waals surface area contributed by atoms with E-state index in [0.29, 0.717) is 21.0 Å². The summed E-state index contributed by atoms with van der Waals surface area (Å²) >= 11 is 17.8. The highest BCUT2D eigenvalue weighted by molar-refractivity contribution is 6.39. The van der Waals surface area contributed by atoms with Gasteiger partial charge in [-0.3, -0.25) is 0 Å². The second-order valence-electron chi connectivity index (χ2n) is 3.29. The summed E-state index contributed by atoms with van der Waals surface area (Å²) in [4.78, 5) is 0. The Balaban J connectivity index is 2.45. The zero-order valence-electron chi connectivity index (χ0n) is 6.73. The van der Waals surface area contributed by atoms with Crippen LogP contribution in [0, 0.1) is 0 Å². The third kappa shape index (κ3) is 1.79. The van der Waals surface area contributed by atoms with Gasteiger partial charge in [-0.05, 0) is 24.1 Å². The molecule has 0 heterocycles. The molecule has 0 unspecified atom stereocenters. The number of nitrogens with two attached hydrogens (primary N) is 1. The molecule has 1 aromatic carbocycles. The molecule has 2 N–H and O–H groups in total. The van der Waals surface area contributed by atoms with Crippen LogP contribution < -0.4 is 5.73 Å². The van der Waals surface area contributed by atoms with Crippen molar-refractivity contribution in [3.63, 3.8) is 0 Å². The number of hydrogen-bond acceptors (Lipinski definition) is 1. The fourth-order valence-corrected chi connectivity index (χ4v) is 2.55. The van der Waals surface area contributed by atoms with Gasteiger partial charge in [-0.1, -0.05) is 34.8 Å². The van der Waals surface area contributed by atoms with E-state index < -0.39 is 0 Å². The molecule has 70 valence electrons. The van der Waals surface area contributed by atoms with Crippen molar-refractivity contribution in [3.8, 4) is 0 Å². The minimum Gasteiger partial charge on any atom is -0.327 e. The predicted molar refractivity (Wildman–Crippen MR) is 56.8 cm³/mol. The normalized spacial score (nSPS) is 26.2. The zero-order valence-corrected chi connectivity index (χ0v) is 9.00. The third-order valence-electron chi connectivity index (χ3n) is 2.25. The van der Waals surface area contributed by atoms with Crippen molar-refractivity contribution >= 4 is 34.8 Å². The van der Waals surface area contributed by atoms with E-state index >= 15 is 0 Å². The van der Waals surface area contributed by atoms with Crippen LogP contribution in [0.2, 0.25) is 15.1 Å². The first-order chi connectivity index (χ1) is 6.09. The molecule has 0 amide bonds. The monoisotopic (exact) mass is 235 g/mol. The van der Waals surface area contributed by atoms with E-state index in [4.69, 9.17) is 40.5 Å². The molecular weight excluding hydrogens is 228 g/mol. The van der Waals surface area contributed by atoms with Crippen molar-refractivity contribution in [2.24, 2.45) is 5.73 Å². The van der Waals surface area contributed by atoms with Gasteiger partial charge in [0.2, 0.25) is 0 Å². The molecular formula is C9H8Cl3N. The summed E-state index contributed by atoms with van der Waals surface area (Å²) in [7, 11) is 0. The Morgan fingerprint density at radius 1 is 1.15 bits per heavy atom. The highest BCUT2D eigenvalue weighted by atomic mass is 35.5. The van der Waals surface area contributed by atoms with Gasteiger partial charge in [-0.2, -0.15) is 0 Å². The van der Waals surface area contributed by atoms with Crippen LogP contribution in [0.25, 0.3) is 0 Å². The van der Waals surface area contributed by atoms with Crippen molar-refractivity contribution in [1.82, 2.24) is 0 Å². The van der Waals surface area contributed by atoms with Crippen LogP contribution in [0.15, 0.2) is 12.1 Å². The average Bonchev–Trinajstić information content (AvgIpc) is 2.64. The van der Waals surface area contributed by atoms with Crippen LogP contribution in [0.5, 0.6) is 0 Å². The molecule has 0 aliphatic heterocycles. The number of halogens is 3. The summed E-state index contributed by atoms with van der Waals surface area (Å²) in [5.41, 5.74) is 6.67. The largest absolute Gasteiger partial charge is 0.327 e. The highest BCUT2D eigenvalue weighted by Crippen LogP contribution is 2.46. The summed E-state index contributed by atoms with van der Waals surface area (Å²) in [5, 5.41) is 1.80. The van der Waals surface area contributed by atoms with E-state index in [-0.39, 0.29) is 6.04 Å². The number of hydrogen-bond donors (Lipinski definition) is 1. The molecule has 1 nitrogen and oxygen atoms in total. The molecule has 1 saturated carbocycles. The first-order valence-corrected chi connectivity index (χ1v) is 5.13. The Bertz CT molecular complexity index is 328. The van der Waals surface area contributed by atoms with Gasteiger partial charge in [-0.15, -0.1) is 0 Å². The van der Waals surface area contributed by atoms with Gasteiger partial charge < -0.3 is 5.73 Å². The van der Waals surface area contributed by atoms with Gasteiger partial charge in [0.05, 0.1) is 0 Å². The van der Waals surface area contributed by atoms with Gasteiger partial charge in [0.25, 0.3) is 0 Å². The van der Waals surface area contributed by atoms with Gasteiger partial charge in [0.15, 0.2) is 0 Å². The molecule has 1 aromatic rings. The Kier molecular flexibility index (Phi) is 2.45. The molecule has 1 fully saturated rings. The first-order valence-electron chi connectivity index (χ1n) is 3.99. The maximum absolute atomic E-state index is 6.01. The predicted octanol–water partition coefficient (Wildman–Crippen LogP) is 3.46. The van der Waals surface area contributed by atoms with Crippen molar-refractivity contribution < 1.29 is 0 Å². The fourth-order valence-electron chi connectivity index (χ4n) is 1.45. The van der Waals surface area contributed by atoms with Crippen molar-refractivity contribution in [2.45, 2.75) is 18.4 Å². The molecule has 0 aromatic heterocycles. The zero-order chi connectivity index (χ0) is 9.59. The highest BCUT2D eigenvalue weighted by Gasteiger charge is 2.37. The summed E-state index contributed by atoms with van der Waals surface area (Å²) < 4.78 is 0. The Labute approximate surface area is 91.8 Å². The lowest BCUT2D eigenvalue weighted by Gasteiger charge is -2.05. The first kappa shape index (κ1) is 9.60. The van der Waals surface area contributed by atoms with Crippen LogP contribution in [0.1, 0.15) is 17.9 Å². The van der Waals surface area contributed by atoms with Gasteiger partial charge in [-0.25, -0.2) is 0 Å². The number of rotatable bonds is 1. The number of benzene rings is 1. The topological polar surface area (TPSA) is 26.0 Å². The van der Waals surface area contributed by atoms with Crippen LogP contribution in [0.4, 0.5) is 0 Å². The van der Waals surface area contributed by atoms with Crippen LogP contribution in [-0.4, -0.2) is 6.04 Å². The third-order valence-corrected chi connectivity index (χ3v) is 3.10. The minimum atomic E-state index is 0.205. The maximum atomic E-state index is 6.01. The summed E-state index contributed by atoms with van der Waals surface area (Å²) in [6, 6.07) is 3.61. The molecule has 2 rings (SSSR count). The van der Waals surface area contributed by atoms with Crippen molar-refractivity contribution in [3.05, 3.63) is 32.8 Å². The van der Waals surface area contributed by atoms with E-state index in [0.717, 1.165) is 12.0 Å². The smallest absolute Gasteiger partial charge is 0.0471 e. The van der Waals surface area contributed by atoms with Gasteiger partial charge in [0, 0.05) is 27.0 Å². The standard InChI is InChI=1S/C9H8Cl3N/c10-4-1-6(11)9(7(12)2-4)5-3-8(5)13/h1-2,5,8H,3,13H2/t5-,8-/m1/s1. The molecule has 0 radical (unpaired) electrons. The van der Waals surface area contributed by atoms with E-state index in [9.17, 15) is 0 Å². The maximum Gasteiger partial charge on any atom is 0.0471 e. The molecule has 2 atom stereocenters.